The number of amides is 1. The molecule has 4 nitrogen and oxygen atoms in total. The van der Waals surface area contributed by atoms with Crippen LogP contribution in [0.5, 0.6) is 0 Å². The lowest BCUT2D eigenvalue weighted by molar-refractivity contribution is -0.112. The van der Waals surface area contributed by atoms with Crippen molar-refractivity contribution in [2.24, 2.45) is 0 Å². The van der Waals surface area contributed by atoms with E-state index in [4.69, 9.17) is 0 Å². The molecule has 1 amide bonds. The summed E-state index contributed by atoms with van der Waals surface area (Å²) in [6, 6.07) is 15.6. The molecule has 0 aliphatic rings. The van der Waals surface area contributed by atoms with E-state index in [0.717, 1.165) is 33.8 Å². The van der Waals surface area contributed by atoms with Crippen molar-refractivity contribution in [2.45, 2.75) is 34.6 Å². The largest absolute Gasteiger partial charge is 0.319 e. The minimum absolute atomic E-state index is 0.428. The molecule has 0 saturated heterocycles. The van der Waals surface area contributed by atoms with Crippen molar-refractivity contribution < 1.29 is 9.59 Å². The van der Waals surface area contributed by atoms with Crippen LogP contribution in [0.15, 0.2) is 48.5 Å². The highest BCUT2D eigenvalue weighted by Crippen LogP contribution is 2.23. The second kappa shape index (κ2) is 7.23. The summed E-state index contributed by atoms with van der Waals surface area (Å²) in [6.07, 6.45) is 0. The number of carbonyl (C=O) groups is 2. The van der Waals surface area contributed by atoms with E-state index in [9.17, 15) is 9.59 Å². The Morgan fingerprint density at radius 2 is 1.56 bits per heavy atom. The predicted octanol–water partition coefficient (Wildman–Crippen LogP) is 4.84. The Kier molecular flexibility index (Phi) is 5.00. The molecule has 0 aliphatic carbocycles. The number of aryl methyl sites for hydroxylation is 4. The number of aromatic nitrogens is 1. The van der Waals surface area contributed by atoms with Gasteiger partial charge < -0.3 is 9.88 Å². The first-order valence-electron chi connectivity index (χ1n) is 8.97. The maximum Gasteiger partial charge on any atom is 0.296 e. The number of Topliss-reactive ketones (excluding diaryl/α,β-unsaturated/α-hetero) is 1. The second-order valence-electron chi connectivity index (χ2n) is 7.06. The number of rotatable bonds is 4. The quantitative estimate of drug-likeness (QED) is 0.534. The van der Waals surface area contributed by atoms with Crippen molar-refractivity contribution in [3.05, 3.63) is 82.2 Å². The van der Waals surface area contributed by atoms with Gasteiger partial charge in [0.2, 0.25) is 0 Å². The van der Waals surface area contributed by atoms with Gasteiger partial charge in [0.25, 0.3) is 11.7 Å². The van der Waals surface area contributed by atoms with Gasteiger partial charge in [0, 0.05) is 28.3 Å². The van der Waals surface area contributed by atoms with Crippen molar-refractivity contribution in [1.82, 2.24) is 4.57 Å². The first-order valence-corrected chi connectivity index (χ1v) is 8.97. The molecule has 1 N–H and O–H groups in total. The maximum absolute atomic E-state index is 12.8. The first kappa shape index (κ1) is 18.6. The van der Waals surface area contributed by atoms with Crippen LogP contribution in [0.25, 0.3) is 5.69 Å². The van der Waals surface area contributed by atoms with Gasteiger partial charge in [-0.1, -0.05) is 24.3 Å². The Balaban J connectivity index is 1.92. The van der Waals surface area contributed by atoms with E-state index in [1.165, 1.54) is 0 Å². The van der Waals surface area contributed by atoms with Crippen LogP contribution in [0.1, 0.15) is 38.4 Å². The number of hydrogen-bond donors (Lipinski definition) is 1. The van der Waals surface area contributed by atoms with Gasteiger partial charge in [0.1, 0.15) is 0 Å². The van der Waals surface area contributed by atoms with E-state index in [2.05, 4.69) is 11.4 Å². The topological polar surface area (TPSA) is 51.1 Å². The third kappa shape index (κ3) is 3.70. The fraction of sp³-hybridized carbons (Fsp3) is 0.217. The van der Waals surface area contributed by atoms with Gasteiger partial charge in [-0.2, -0.15) is 0 Å². The highest BCUT2D eigenvalue weighted by molar-refractivity contribution is 6.46. The minimum atomic E-state index is -0.617. The summed E-state index contributed by atoms with van der Waals surface area (Å²) in [7, 11) is 0. The standard InChI is InChI=1S/C23H24N2O2/c1-14-7-6-8-19(11-14)25-17(4)13-20(18(25)5)22(26)23(27)24-21-12-15(2)9-10-16(21)3/h6-13H,1-5H3,(H,24,27). The number of hydrogen-bond acceptors (Lipinski definition) is 2. The summed E-state index contributed by atoms with van der Waals surface area (Å²) >= 11 is 0. The Bertz CT molecular complexity index is 1040. The van der Waals surface area contributed by atoms with Gasteiger partial charge in [-0.25, -0.2) is 0 Å². The van der Waals surface area contributed by atoms with Crippen LogP contribution in [-0.4, -0.2) is 16.3 Å². The Hall–Kier alpha value is -3.14. The summed E-state index contributed by atoms with van der Waals surface area (Å²) in [4.78, 5) is 25.4. The van der Waals surface area contributed by atoms with E-state index in [0.29, 0.717) is 11.3 Å². The van der Waals surface area contributed by atoms with E-state index in [-0.39, 0.29) is 0 Å². The van der Waals surface area contributed by atoms with Crippen LogP contribution in [0.4, 0.5) is 5.69 Å². The number of nitrogens with zero attached hydrogens (tertiary/aromatic N) is 1. The van der Waals surface area contributed by atoms with Crippen LogP contribution in [-0.2, 0) is 4.79 Å². The van der Waals surface area contributed by atoms with Crippen molar-refractivity contribution in [3.63, 3.8) is 0 Å². The summed E-state index contributed by atoms with van der Waals surface area (Å²) in [5.41, 5.74) is 6.85. The first-order chi connectivity index (χ1) is 12.8. The third-order valence-electron chi connectivity index (χ3n) is 4.78. The molecule has 27 heavy (non-hydrogen) atoms. The predicted molar refractivity (Wildman–Crippen MR) is 109 cm³/mol. The average Bonchev–Trinajstić information content (AvgIpc) is 2.91. The number of nitrogens with one attached hydrogen (secondary N) is 1. The molecule has 0 unspecified atom stereocenters. The molecule has 1 heterocycles. The molecule has 3 aromatic rings. The molecule has 2 aromatic carbocycles. The van der Waals surface area contributed by atoms with Crippen molar-refractivity contribution >= 4 is 17.4 Å². The van der Waals surface area contributed by atoms with Crippen LogP contribution in [0.2, 0.25) is 0 Å². The molecule has 0 bridgehead atoms. The van der Waals surface area contributed by atoms with E-state index >= 15 is 0 Å². The van der Waals surface area contributed by atoms with Gasteiger partial charge in [-0.05, 0) is 75.6 Å². The number of anilines is 1. The summed E-state index contributed by atoms with van der Waals surface area (Å²) < 4.78 is 2.01. The average molecular weight is 360 g/mol. The van der Waals surface area contributed by atoms with E-state index in [1.54, 1.807) is 6.07 Å². The molecule has 4 heteroatoms. The van der Waals surface area contributed by atoms with Gasteiger partial charge >= 0.3 is 0 Å². The van der Waals surface area contributed by atoms with Gasteiger partial charge in [0.15, 0.2) is 0 Å². The maximum atomic E-state index is 12.8. The Morgan fingerprint density at radius 3 is 2.26 bits per heavy atom. The van der Waals surface area contributed by atoms with Crippen LogP contribution in [0, 0.1) is 34.6 Å². The van der Waals surface area contributed by atoms with Crippen molar-refractivity contribution in [1.29, 1.82) is 0 Å². The monoisotopic (exact) mass is 360 g/mol. The Morgan fingerprint density at radius 1 is 0.852 bits per heavy atom. The van der Waals surface area contributed by atoms with Gasteiger partial charge in [0.05, 0.1) is 0 Å². The zero-order valence-electron chi connectivity index (χ0n) is 16.4. The van der Waals surface area contributed by atoms with Crippen LogP contribution < -0.4 is 5.32 Å². The molecule has 0 saturated carbocycles. The van der Waals surface area contributed by atoms with Crippen molar-refractivity contribution in [3.8, 4) is 5.69 Å². The lowest BCUT2D eigenvalue weighted by Crippen LogP contribution is -2.23. The lowest BCUT2D eigenvalue weighted by atomic mass is 10.1. The Labute approximate surface area is 159 Å². The van der Waals surface area contributed by atoms with E-state index in [1.807, 2.05) is 75.6 Å². The zero-order chi connectivity index (χ0) is 19.7. The van der Waals surface area contributed by atoms with Gasteiger partial charge in [-0.3, -0.25) is 9.59 Å². The smallest absolute Gasteiger partial charge is 0.296 e. The van der Waals surface area contributed by atoms with E-state index < -0.39 is 11.7 Å². The normalized spacial score (nSPS) is 10.7. The molecule has 0 radical (unpaired) electrons. The molecule has 3 rings (SSSR count). The van der Waals surface area contributed by atoms with Gasteiger partial charge in [-0.15, -0.1) is 0 Å². The summed E-state index contributed by atoms with van der Waals surface area (Å²) in [6.45, 7) is 9.69. The highest BCUT2D eigenvalue weighted by Gasteiger charge is 2.23. The molecule has 138 valence electrons. The van der Waals surface area contributed by atoms with Crippen LogP contribution in [0.3, 0.4) is 0 Å². The molecule has 1 aromatic heterocycles. The molecule has 0 atom stereocenters. The minimum Gasteiger partial charge on any atom is -0.319 e. The number of benzene rings is 2. The number of carbonyl (C=O) groups excluding carboxylic acids is 2. The second-order valence-corrected chi connectivity index (χ2v) is 7.06. The third-order valence-corrected chi connectivity index (χ3v) is 4.78. The SMILES string of the molecule is Cc1cccc(-n2c(C)cc(C(=O)C(=O)Nc3cc(C)ccc3C)c2C)c1. The fourth-order valence-corrected chi connectivity index (χ4v) is 3.33. The lowest BCUT2D eigenvalue weighted by Gasteiger charge is -2.11. The summed E-state index contributed by atoms with van der Waals surface area (Å²) in [5.74, 6) is -1.14. The molecule has 0 aliphatic heterocycles. The zero-order valence-corrected chi connectivity index (χ0v) is 16.4. The fourth-order valence-electron chi connectivity index (χ4n) is 3.33. The highest BCUT2D eigenvalue weighted by atomic mass is 16.2. The van der Waals surface area contributed by atoms with Crippen molar-refractivity contribution in [2.75, 3.05) is 5.32 Å². The number of ketones is 1. The molecule has 0 spiro atoms. The summed E-state index contributed by atoms with van der Waals surface area (Å²) in [5, 5.41) is 2.76. The van der Waals surface area contributed by atoms with Crippen LogP contribution >= 0.6 is 0 Å². The molecular weight excluding hydrogens is 336 g/mol. The molecular formula is C23H24N2O2. The molecule has 0 fully saturated rings.